The SMILES string of the molecule is CCCC/C(C)=C(/CCCC)C(=O)O. The average molecular weight is 198 g/mol. The Morgan fingerprint density at radius 2 is 1.57 bits per heavy atom. The third-order valence-electron chi connectivity index (χ3n) is 2.46. The Hall–Kier alpha value is -0.790. The van der Waals surface area contributed by atoms with E-state index >= 15 is 0 Å². The van der Waals surface area contributed by atoms with Crippen molar-refractivity contribution in [3.63, 3.8) is 0 Å². The third kappa shape index (κ3) is 5.05. The predicted molar refractivity (Wildman–Crippen MR) is 59.4 cm³/mol. The lowest BCUT2D eigenvalue weighted by atomic mass is 9.99. The summed E-state index contributed by atoms with van der Waals surface area (Å²) in [5.41, 5.74) is 1.70. The fourth-order valence-electron chi connectivity index (χ4n) is 1.45. The van der Waals surface area contributed by atoms with Gasteiger partial charge in [-0.25, -0.2) is 4.79 Å². The van der Waals surface area contributed by atoms with Crippen LogP contribution < -0.4 is 0 Å². The number of allylic oxidation sites excluding steroid dienone is 1. The molecule has 0 aromatic heterocycles. The summed E-state index contributed by atoms with van der Waals surface area (Å²) < 4.78 is 0. The zero-order valence-electron chi connectivity index (χ0n) is 9.60. The number of aliphatic carboxylic acids is 1. The highest BCUT2D eigenvalue weighted by Crippen LogP contribution is 2.17. The van der Waals surface area contributed by atoms with E-state index in [1.165, 1.54) is 0 Å². The molecule has 0 rings (SSSR count). The Labute approximate surface area is 87.0 Å². The van der Waals surface area contributed by atoms with Gasteiger partial charge in [0.15, 0.2) is 0 Å². The van der Waals surface area contributed by atoms with E-state index in [0.29, 0.717) is 5.57 Å². The van der Waals surface area contributed by atoms with Crippen LogP contribution in [0, 0.1) is 0 Å². The van der Waals surface area contributed by atoms with Crippen molar-refractivity contribution in [3.8, 4) is 0 Å². The minimum absolute atomic E-state index is 0.639. The molecule has 0 fully saturated rings. The largest absolute Gasteiger partial charge is 0.478 e. The molecule has 0 aliphatic rings. The molecule has 0 aliphatic carbocycles. The molecule has 82 valence electrons. The van der Waals surface area contributed by atoms with Gasteiger partial charge in [0.25, 0.3) is 0 Å². The molecule has 0 aromatic carbocycles. The number of carboxylic acids is 1. The Balaban J connectivity index is 4.34. The summed E-state index contributed by atoms with van der Waals surface area (Å²) >= 11 is 0. The van der Waals surface area contributed by atoms with Crippen molar-refractivity contribution in [2.75, 3.05) is 0 Å². The van der Waals surface area contributed by atoms with Crippen LogP contribution in [0.25, 0.3) is 0 Å². The molecule has 0 spiro atoms. The molecular formula is C12H22O2. The molecule has 0 heterocycles. The van der Waals surface area contributed by atoms with Crippen molar-refractivity contribution >= 4 is 5.97 Å². The second-order valence-electron chi connectivity index (χ2n) is 3.77. The van der Waals surface area contributed by atoms with Crippen LogP contribution >= 0.6 is 0 Å². The minimum Gasteiger partial charge on any atom is -0.478 e. The summed E-state index contributed by atoms with van der Waals surface area (Å²) in [6, 6.07) is 0. The first-order valence-corrected chi connectivity index (χ1v) is 5.55. The molecular weight excluding hydrogens is 176 g/mol. The van der Waals surface area contributed by atoms with E-state index in [1.54, 1.807) is 0 Å². The molecule has 1 N–H and O–H groups in total. The van der Waals surface area contributed by atoms with Crippen LogP contribution in [-0.4, -0.2) is 11.1 Å². The van der Waals surface area contributed by atoms with Crippen LogP contribution in [0.4, 0.5) is 0 Å². The van der Waals surface area contributed by atoms with Gasteiger partial charge in [0, 0.05) is 5.57 Å². The molecule has 0 amide bonds. The van der Waals surface area contributed by atoms with Crippen LogP contribution in [0.1, 0.15) is 59.3 Å². The molecule has 2 heteroatoms. The van der Waals surface area contributed by atoms with E-state index in [2.05, 4.69) is 13.8 Å². The lowest BCUT2D eigenvalue weighted by molar-refractivity contribution is -0.132. The van der Waals surface area contributed by atoms with Gasteiger partial charge in [-0.1, -0.05) is 32.3 Å². The standard InChI is InChI=1S/C12H22O2/c1-4-6-8-10(3)11(12(13)14)9-7-5-2/h4-9H2,1-3H3,(H,13,14)/b11-10-. The number of carboxylic acid groups (broad SMARTS) is 1. The quantitative estimate of drug-likeness (QED) is 0.632. The van der Waals surface area contributed by atoms with Gasteiger partial charge in [0.2, 0.25) is 0 Å². The Morgan fingerprint density at radius 1 is 1.07 bits per heavy atom. The molecule has 0 radical (unpaired) electrons. The maximum atomic E-state index is 11.0. The van der Waals surface area contributed by atoms with Crippen LogP contribution in [0.15, 0.2) is 11.1 Å². The van der Waals surface area contributed by atoms with Crippen LogP contribution in [0.2, 0.25) is 0 Å². The van der Waals surface area contributed by atoms with E-state index in [0.717, 1.165) is 44.1 Å². The van der Waals surface area contributed by atoms with Gasteiger partial charge in [-0.15, -0.1) is 0 Å². The van der Waals surface area contributed by atoms with Gasteiger partial charge < -0.3 is 5.11 Å². The van der Waals surface area contributed by atoms with Crippen molar-refractivity contribution in [1.82, 2.24) is 0 Å². The summed E-state index contributed by atoms with van der Waals surface area (Å²) in [7, 11) is 0. The highest BCUT2D eigenvalue weighted by Gasteiger charge is 2.09. The highest BCUT2D eigenvalue weighted by atomic mass is 16.4. The minimum atomic E-state index is -0.730. The maximum Gasteiger partial charge on any atom is 0.331 e. The zero-order chi connectivity index (χ0) is 11.0. The van der Waals surface area contributed by atoms with Crippen molar-refractivity contribution < 1.29 is 9.90 Å². The van der Waals surface area contributed by atoms with Crippen LogP contribution in [-0.2, 0) is 4.79 Å². The van der Waals surface area contributed by atoms with Gasteiger partial charge >= 0.3 is 5.97 Å². The Morgan fingerprint density at radius 3 is 2.00 bits per heavy atom. The van der Waals surface area contributed by atoms with E-state index in [-0.39, 0.29) is 0 Å². The Kier molecular flexibility index (Phi) is 7.17. The molecule has 0 saturated carbocycles. The zero-order valence-corrected chi connectivity index (χ0v) is 9.60. The van der Waals surface area contributed by atoms with Crippen LogP contribution in [0.3, 0.4) is 0 Å². The first kappa shape index (κ1) is 13.2. The lowest BCUT2D eigenvalue weighted by Gasteiger charge is -2.07. The summed E-state index contributed by atoms with van der Waals surface area (Å²) in [4.78, 5) is 11.0. The first-order valence-electron chi connectivity index (χ1n) is 5.55. The van der Waals surface area contributed by atoms with Crippen molar-refractivity contribution in [2.24, 2.45) is 0 Å². The molecule has 0 aliphatic heterocycles. The van der Waals surface area contributed by atoms with Crippen molar-refractivity contribution in [2.45, 2.75) is 59.3 Å². The second-order valence-corrected chi connectivity index (χ2v) is 3.77. The van der Waals surface area contributed by atoms with Gasteiger partial charge in [0.1, 0.15) is 0 Å². The van der Waals surface area contributed by atoms with E-state index in [4.69, 9.17) is 5.11 Å². The fraction of sp³-hybridized carbons (Fsp3) is 0.750. The molecule has 0 aromatic rings. The second kappa shape index (κ2) is 7.60. The highest BCUT2D eigenvalue weighted by molar-refractivity contribution is 5.87. The molecule has 14 heavy (non-hydrogen) atoms. The Bertz CT molecular complexity index is 204. The van der Waals surface area contributed by atoms with Gasteiger partial charge in [-0.05, 0) is 32.6 Å². The van der Waals surface area contributed by atoms with Crippen molar-refractivity contribution in [3.05, 3.63) is 11.1 Å². The molecule has 0 unspecified atom stereocenters. The summed E-state index contributed by atoms with van der Waals surface area (Å²) in [5.74, 6) is -0.730. The summed E-state index contributed by atoms with van der Waals surface area (Å²) in [5, 5.41) is 9.01. The normalized spacial score (nSPS) is 12.5. The van der Waals surface area contributed by atoms with Crippen molar-refractivity contribution in [1.29, 1.82) is 0 Å². The number of carbonyl (C=O) groups is 1. The van der Waals surface area contributed by atoms with Gasteiger partial charge in [0.05, 0.1) is 0 Å². The van der Waals surface area contributed by atoms with E-state index < -0.39 is 5.97 Å². The fourth-order valence-corrected chi connectivity index (χ4v) is 1.45. The third-order valence-corrected chi connectivity index (χ3v) is 2.46. The number of rotatable bonds is 7. The number of hydrogen-bond donors (Lipinski definition) is 1. The molecule has 2 nitrogen and oxygen atoms in total. The monoisotopic (exact) mass is 198 g/mol. The van der Waals surface area contributed by atoms with E-state index in [1.807, 2.05) is 6.92 Å². The summed E-state index contributed by atoms with van der Waals surface area (Å²) in [6.07, 6.45) is 5.90. The van der Waals surface area contributed by atoms with Crippen LogP contribution in [0.5, 0.6) is 0 Å². The maximum absolute atomic E-state index is 11.0. The molecule has 0 bridgehead atoms. The topological polar surface area (TPSA) is 37.3 Å². The number of hydrogen-bond acceptors (Lipinski definition) is 1. The smallest absolute Gasteiger partial charge is 0.331 e. The van der Waals surface area contributed by atoms with Gasteiger partial charge in [-0.3, -0.25) is 0 Å². The molecule has 0 saturated heterocycles. The number of unbranched alkanes of at least 4 members (excludes halogenated alkanes) is 2. The molecule has 0 atom stereocenters. The lowest BCUT2D eigenvalue weighted by Crippen LogP contribution is -2.03. The summed E-state index contributed by atoms with van der Waals surface area (Å²) in [6.45, 7) is 6.16. The van der Waals surface area contributed by atoms with Gasteiger partial charge in [-0.2, -0.15) is 0 Å². The van der Waals surface area contributed by atoms with E-state index in [9.17, 15) is 4.79 Å². The average Bonchev–Trinajstić information content (AvgIpc) is 2.14. The predicted octanol–water partition coefficient (Wildman–Crippen LogP) is 3.77. The first-order chi connectivity index (χ1) is 6.63.